The lowest BCUT2D eigenvalue weighted by Crippen LogP contribution is -2.15. The average Bonchev–Trinajstić information content (AvgIpc) is 2.81. The summed E-state index contributed by atoms with van der Waals surface area (Å²) >= 11 is 1.18. The maximum Gasteiger partial charge on any atom is 0.266 e. The van der Waals surface area contributed by atoms with Gasteiger partial charge >= 0.3 is 0 Å². The molecule has 0 bridgehead atoms. The van der Waals surface area contributed by atoms with Gasteiger partial charge in [0.05, 0.1) is 0 Å². The van der Waals surface area contributed by atoms with Crippen molar-refractivity contribution in [2.24, 2.45) is 0 Å². The molecule has 0 fully saturated rings. The van der Waals surface area contributed by atoms with Gasteiger partial charge in [0.2, 0.25) is 0 Å². The molecule has 1 aromatic heterocycles. The first kappa shape index (κ1) is 15.8. The molecule has 1 aromatic carbocycles. The Kier molecular flexibility index (Phi) is 4.29. The lowest BCUT2D eigenvalue weighted by atomic mass is 10.2. The van der Waals surface area contributed by atoms with Crippen LogP contribution >= 0.6 is 11.3 Å². The van der Waals surface area contributed by atoms with E-state index in [9.17, 15) is 17.2 Å². The number of aryl methyl sites for hydroxylation is 1. The molecule has 2 rings (SSSR count). The van der Waals surface area contributed by atoms with Crippen LogP contribution in [-0.2, 0) is 10.0 Å². The first-order valence-corrected chi connectivity index (χ1v) is 8.45. The van der Waals surface area contributed by atoms with Gasteiger partial charge in [0.15, 0.2) is 5.13 Å². The number of hydrogen-bond donors (Lipinski definition) is 1. The summed E-state index contributed by atoms with van der Waals surface area (Å²) in [6.45, 7) is 5.28. The Morgan fingerprint density at radius 2 is 1.90 bits per heavy atom. The van der Waals surface area contributed by atoms with E-state index in [-0.39, 0.29) is 16.6 Å². The summed E-state index contributed by atoms with van der Waals surface area (Å²) in [4.78, 5) is 4.26. The number of aromatic nitrogens is 1. The Labute approximate surface area is 125 Å². The van der Waals surface area contributed by atoms with Gasteiger partial charge in [-0.05, 0) is 24.5 Å². The second-order valence-corrected chi connectivity index (χ2v) is 7.57. The molecule has 4 nitrogen and oxygen atoms in total. The third-order valence-electron chi connectivity index (χ3n) is 2.82. The lowest BCUT2D eigenvalue weighted by Gasteiger charge is -2.08. The van der Waals surface area contributed by atoms with Gasteiger partial charge in [-0.15, -0.1) is 11.3 Å². The zero-order valence-corrected chi connectivity index (χ0v) is 13.3. The van der Waals surface area contributed by atoms with Crippen LogP contribution in [0.4, 0.5) is 13.9 Å². The second kappa shape index (κ2) is 5.69. The Hall–Kier alpha value is -1.54. The van der Waals surface area contributed by atoms with E-state index in [4.69, 9.17) is 0 Å². The summed E-state index contributed by atoms with van der Waals surface area (Å²) in [5, 5.41) is 0.153. The number of halogens is 2. The molecular formula is C13H14F2N2O2S2. The maximum absolute atomic E-state index is 13.7. The number of rotatable bonds is 4. The topological polar surface area (TPSA) is 59.1 Å². The fourth-order valence-electron chi connectivity index (χ4n) is 1.61. The van der Waals surface area contributed by atoms with Gasteiger partial charge in [-0.2, -0.15) is 0 Å². The molecule has 0 saturated carbocycles. The minimum absolute atomic E-state index is 0.0544. The highest BCUT2D eigenvalue weighted by atomic mass is 32.2. The van der Waals surface area contributed by atoms with Crippen LogP contribution in [0.25, 0.3) is 0 Å². The predicted octanol–water partition coefficient (Wildman–Crippen LogP) is 3.65. The van der Waals surface area contributed by atoms with Gasteiger partial charge in [-0.25, -0.2) is 22.2 Å². The summed E-state index contributed by atoms with van der Waals surface area (Å²) in [5.41, 5.74) is 0.0544. The first-order valence-electron chi connectivity index (χ1n) is 6.15. The maximum atomic E-state index is 13.7. The van der Waals surface area contributed by atoms with E-state index in [0.29, 0.717) is 6.07 Å². The van der Waals surface area contributed by atoms with Crippen molar-refractivity contribution in [3.05, 3.63) is 40.4 Å². The van der Waals surface area contributed by atoms with Gasteiger partial charge in [0.25, 0.3) is 10.0 Å². The minimum Gasteiger partial charge on any atom is -0.255 e. The molecule has 0 saturated heterocycles. The number of hydrogen-bond acceptors (Lipinski definition) is 4. The van der Waals surface area contributed by atoms with Crippen LogP contribution in [-0.4, -0.2) is 13.4 Å². The molecule has 0 atom stereocenters. The van der Waals surface area contributed by atoms with E-state index >= 15 is 0 Å². The highest BCUT2D eigenvalue weighted by molar-refractivity contribution is 7.93. The molecule has 0 aliphatic heterocycles. The van der Waals surface area contributed by atoms with Crippen molar-refractivity contribution in [3.63, 3.8) is 0 Å². The molecule has 1 N–H and O–H groups in total. The minimum atomic E-state index is -4.14. The van der Waals surface area contributed by atoms with E-state index in [0.717, 1.165) is 10.9 Å². The number of anilines is 1. The fraction of sp³-hybridized carbons (Fsp3) is 0.308. The largest absolute Gasteiger partial charge is 0.266 e. The van der Waals surface area contributed by atoms with E-state index in [1.165, 1.54) is 18.3 Å². The highest BCUT2D eigenvalue weighted by Crippen LogP contribution is 2.28. The van der Waals surface area contributed by atoms with Crippen LogP contribution in [0, 0.1) is 18.6 Å². The van der Waals surface area contributed by atoms with Crippen molar-refractivity contribution in [2.75, 3.05) is 4.72 Å². The number of benzene rings is 1. The monoisotopic (exact) mass is 332 g/mol. The summed E-state index contributed by atoms with van der Waals surface area (Å²) in [5.74, 6) is -1.71. The smallest absolute Gasteiger partial charge is 0.255 e. The standard InChI is InChI=1S/C13H14F2N2O2S2/c1-7(2)11-6-16-13(20-11)17-21(18,19)12-4-8(3)9(14)5-10(12)15/h4-7H,1-3H3,(H,16,17). The van der Waals surface area contributed by atoms with Crippen molar-refractivity contribution in [2.45, 2.75) is 31.6 Å². The van der Waals surface area contributed by atoms with E-state index < -0.39 is 26.6 Å². The first-order chi connectivity index (χ1) is 9.70. The lowest BCUT2D eigenvalue weighted by molar-refractivity contribution is 0.547. The molecular weight excluding hydrogens is 318 g/mol. The van der Waals surface area contributed by atoms with Crippen molar-refractivity contribution in [1.82, 2.24) is 4.98 Å². The van der Waals surface area contributed by atoms with Crippen LogP contribution in [0.15, 0.2) is 23.2 Å². The summed E-state index contributed by atoms with van der Waals surface area (Å²) in [7, 11) is -4.14. The van der Waals surface area contributed by atoms with Crippen LogP contribution in [0.2, 0.25) is 0 Å². The molecule has 1 heterocycles. The molecule has 21 heavy (non-hydrogen) atoms. The van der Waals surface area contributed by atoms with Crippen molar-refractivity contribution >= 4 is 26.5 Å². The summed E-state index contributed by atoms with van der Waals surface area (Å²) in [6, 6.07) is 1.52. The molecule has 0 aliphatic carbocycles. The van der Waals surface area contributed by atoms with E-state index in [2.05, 4.69) is 9.71 Å². The van der Waals surface area contributed by atoms with Gasteiger partial charge in [-0.1, -0.05) is 13.8 Å². The van der Waals surface area contributed by atoms with Gasteiger partial charge in [0.1, 0.15) is 16.5 Å². The van der Waals surface area contributed by atoms with Gasteiger partial charge in [-0.3, -0.25) is 4.72 Å². The Morgan fingerprint density at radius 1 is 1.24 bits per heavy atom. The van der Waals surface area contributed by atoms with Crippen LogP contribution in [0.3, 0.4) is 0 Å². The average molecular weight is 332 g/mol. The normalized spacial score (nSPS) is 11.9. The molecule has 2 aromatic rings. The third-order valence-corrected chi connectivity index (χ3v) is 5.51. The molecule has 0 amide bonds. The van der Waals surface area contributed by atoms with Gasteiger partial charge in [0, 0.05) is 17.1 Å². The van der Waals surface area contributed by atoms with Crippen molar-refractivity contribution in [3.8, 4) is 0 Å². The van der Waals surface area contributed by atoms with Gasteiger partial charge < -0.3 is 0 Å². The zero-order valence-electron chi connectivity index (χ0n) is 11.6. The van der Waals surface area contributed by atoms with Crippen molar-refractivity contribution in [1.29, 1.82) is 0 Å². The number of nitrogens with one attached hydrogen (secondary N) is 1. The predicted molar refractivity (Wildman–Crippen MR) is 78.1 cm³/mol. The summed E-state index contributed by atoms with van der Waals surface area (Å²) in [6.07, 6.45) is 1.57. The zero-order chi connectivity index (χ0) is 15.8. The molecule has 0 spiro atoms. The summed E-state index contributed by atoms with van der Waals surface area (Å²) < 4.78 is 53.4. The number of thiazole rings is 1. The van der Waals surface area contributed by atoms with Crippen molar-refractivity contribution < 1.29 is 17.2 Å². The Bertz CT molecular complexity index is 770. The highest BCUT2D eigenvalue weighted by Gasteiger charge is 2.22. The SMILES string of the molecule is Cc1cc(S(=O)(=O)Nc2ncc(C(C)C)s2)c(F)cc1F. The number of nitrogens with zero attached hydrogens (tertiary/aromatic N) is 1. The molecule has 114 valence electrons. The Balaban J connectivity index is 2.36. The fourth-order valence-corrected chi connectivity index (χ4v) is 3.81. The van der Waals surface area contributed by atoms with Crippen LogP contribution in [0.5, 0.6) is 0 Å². The molecule has 0 unspecified atom stereocenters. The number of sulfonamides is 1. The van der Waals surface area contributed by atoms with E-state index in [1.54, 1.807) is 6.20 Å². The Morgan fingerprint density at radius 3 is 2.48 bits per heavy atom. The molecule has 8 heteroatoms. The van der Waals surface area contributed by atoms with Crippen LogP contribution in [0.1, 0.15) is 30.2 Å². The second-order valence-electron chi connectivity index (χ2n) is 4.86. The third kappa shape index (κ3) is 3.38. The quantitative estimate of drug-likeness (QED) is 0.929. The molecule has 0 radical (unpaired) electrons. The van der Waals surface area contributed by atoms with E-state index in [1.807, 2.05) is 13.8 Å². The molecule has 0 aliphatic rings. The van der Waals surface area contributed by atoms with Crippen LogP contribution < -0.4 is 4.72 Å².